The van der Waals surface area contributed by atoms with Crippen LogP contribution < -0.4 is 10.6 Å². The van der Waals surface area contributed by atoms with Crippen LogP contribution in [0.2, 0.25) is 0 Å². The maximum Gasteiger partial charge on any atom is 0.226 e. The van der Waals surface area contributed by atoms with Gasteiger partial charge in [0, 0.05) is 24.3 Å². The molecule has 1 aromatic rings. The van der Waals surface area contributed by atoms with Gasteiger partial charge in [-0.3, -0.25) is 4.79 Å². The van der Waals surface area contributed by atoms with Crippen LogP contribution in [0, 0.1) is 6.92 Å². The molecule has 0 atom stereocenters. The summed E-state index contributed by atoms with van der Waals surface area (Å²) in [4.78, 5) is 13.6. The van der Waals surface area contributed by atoms with Crippen molar-refractivity contribution in [1.82, 2.24) is 0 Å². The number of nitrogens with two attached hydrogens (primary N) is 1. The first-order valence-electron chi connectivity index (χ1n) is 5.35. The average Bonchev–Trinajstić information content (AvgIpc) is 2.23. The predicted molar refractivity (Wildman–Crippen MR) is 61.8 cm³/mol. The SMILES string of the molecule is Cc1c(N)cccc1N1CCCCC1=O. The third-order valence-corrected chi connectivity index (χ3v) is 2.96. The van der Waals surface area contributed by atoms with Gasteiger partial charge in [0.2, 0.25) is 5.91 Å². The molecule has 2 rings (SSSR count). The van der Waals surface area contributed by atoms with Crippen LogP contribution in [0.15, 0.2) is 18.2 Å². The van der Waals surface area contributed by atoms with Gasteiger partial charge in [-0.1, -0.05) is 6.07 Å². The van der Waals surface area contributed by atoms with E-state index in [1.54, 1.807) is 0 Å². The maximum atomic E-state index is 11.7. The van der Waals surface area contributed by atoms with Crippen LogP contribution in [0.25, 0.3) is 0 Å². The van der Waals surface area contributed by atoms with Gasteiger partial charge in [0.25, 0.3) is 0 Å². The molecule has 3 heteroatoms. The van der Waals surface area contributed by atoms with Crippen molar-refractivity contribution in [3.63, 3.8) is 0 Å². The molecule has 80 valence electrons. The van der Waals surface area contributed by atoms with Crippen LogP contribution in [0.5, 0.6) is 0 Å². The Morgan fingerprint density at radius 2 is 2.13 bits per heavy atom. The monoisotopic (exact) mass is 204 g/mol. The molecule has 1 heterocycles. The van der Waals surface area contributed by atoms with E-state index in [0.717, 1.165) is 36.3 Å². The van der Waals surface area contributed by atoms with E-state index in [-0.39, 0.29) is 5.91 Å². The Hall–Kier alpha value is -1.51. The third kappa shape index (κ3) is 1.82. The molecule has 1 fully saturated rings. The number of carbonyl (C=O) groups excluding carboxylic acids is 1. The number of rotatable bonds is 1. The van der Waals surface area contributed by atoms with Crippen molar-refractivity contribution in [3.8, 4) is 0 Å². The van der Waals surface area contributed by atoms with Crippen molar-refractivity contribution in [3.05, 3.63) is 23.8 Å². The van der Waals surface area contributed by atoms with Crippen LogP contribution in [0.3, 0.4) is 0 Å². The predicted octanol–water partition coefficient (Wildman–Crippen LogP) is 2.09. The summed E-state index contributed by atoms with van der Waals surface area (Å²) in [6.07, 6.45) is 2.75. The third-order valence-electron chi connectivity index (χ3n) is 2.96. The summed E-state index contributed by atoms with van der Waals surface area (Å²) in [5.41, 5.74) is 8.57. The van der Waals surface area contributed by atoms with Crippen LogP contribution >= 0.6 is 0 Å². The molecule has 1 amide bonds. The second-order valence-corrected chi connectivity index (χ2v) is 3.99. The fraction of sp³-hybridized carbons (Fsp3) is 0.417. The first-order valence-corrected chi connectivity index (χ1v) is 5.35. The number of carbonyl (C=O) groups is 1. The number of anilines is 2. The number of piperidine rings is 1. The first kappa shape index (κ1) is 10.0. The van der Waals surface area contributed by atoms with E-state index in [0.29, 0.717) is 6.42 Å². The summed E-state index contributed by atoms with van der Waals surface area (Å²) in [5.74, 6) is 0.218. The Morgan fingerprint density at radius 1 is 1.33 bits per heavy atom. The summed E-state index contributed by atoms with van der Waals surface area (Å²) < 4.78 is 0. The van der Waals surface area contributed by atoms with Gasteiger partial charge in [-0.25, -0.2) is 0 Å². The topological polar surface area (TPSA) is 46.3 Å². The van der Waals surface area contributed by atoms with Gasteiger partial charge in [0.15, 0.2) is 0 Å². The Bertz CT molecular complexity index is 387. The molecular formula is C12H16N2O. The normalized spacial score (nSPS) is 16.9. The number of amides is 1. The largest absolute Gasteiger partial charge is 0.398 e. The quantitative estimate of drug-likeness (QED) is 0.712. The Labute approximate surface area is 89.9 Å². The molecular weight excluding hydrogens is 188 g/mol. The summed E-state index contributed by atoms with van der Waals surface area (Å²) in [7, 11) is 0. The molecule has 0 bridgehead atoms. The van der Waals surface area contributed by atoms with E-state index >= 15 is 0 Å². The van der Waals surface area contributed by atoms with E-state index in [1.807, 2.05) is 30.0 Å². The highest BCUT2D eigenvalue weighted by Gasteiger charge is 2.21. The molecule has 0 unspecified atom stereocenters. The van der Waals surface area contributed by atoms with E-state index < -0.39 is 0 Å². The molecule has 15 heavy (non-hydrogen) atoms. The van der Waals surface area contributed by atoms with Crippen LogP contribution in [-0.4, -0.2) is 12.5 Å². The standard InChI is InChI=1S/C12H16N2O/c1-9-10(13)5-4-6-11(9)14-8-3-2-7-12(14)15/h4-6H,2-3,7-8,13H2,1H3. The molecule has 3 nitrogen and oxygen atoms in total. The van der Waals surface area contributed by atoms with E-state index in [2.05, 4.69) is 0 Å². The molecule has 2 N–H and O–H groups in total. The molecule has 0 aromatic heterocycles. The van der Waals surface area contributed by atoms with Crippen LogP contribution in [0.4, 0.5) is 11.4 Å². The minimum absolute atomic E-state index is 0.218. The van der Waals surface area contributed by atoms with E-state index in [1.165, 1.54) is 0 Å². The van der Waals surface area contributed by atoms with Crippen LogP contribution in [-0.2, 0) is 4.79 Å². The highest BCUT2D eigenvalue weighted by atomic mass is 16.2. The second kappa shape index (κ2) is 3.93. The van der Waals surface area contributed by atoms with Crippen LogP contribution in [0.1, 0.15) is 24.8 Å². The van der Waals surface area contributed by atoms with Gasteiger partial charge in [-0.05, 0) is 37.5 Å². The summed E-state index contributed by atoms with van der Waals surface area (Å²) >= 11 is 0. The molecule has 1 aliphatic rings. The lowest BCUT2D eigenvalue weighted by Crippen LogP contribution is -2.35. The van der Waals surface area contributed by atoms with Gasteiger partial charge >= 0.3 is 0 Å². The van der Waals surface area contributed by atoms with Gasteiger partial charge in [0.1, 0.15) is 0 Å². The van der Waals surface area contributed by atoms with Crippen molar-refractivity contribution < 1.29 is 4.79 Å². The Balaban J connectivity index is 2.35. The Kier molecular flexibility index (Phi) is 2.62. The fourth-order valence-corrected chi connectivity index (χ4v) is 1.99. The molecule has 1 aliphatic heterocycles. The molecule has 0 aliphatic carbocycles. The van der Waals surface area contributed by atoms with Crippen molar-refractivity contribution in [2.45, 2.75) is 26.2 Å². The second-order valence-electron chi connectivity index (χ2n) is 3.99. The van der Waals surface area contributed by atoms with Crippen molar-refractivity contribution in [1.29, 1.82) is 0 Å². The summed E-state index contributed by atoms with van der Waals surface area (Å²) in [5, 5.41) is 0. The number of hydrogen-bond donors (Lipinski definition) is 1. The number of nitrogens with zero attached hydrogens (tertiary/aromatic N) is 1. The van der Waals surface area contributed by atoms with Crippen molar-refractivity contribution >= 4 is 17.3 Å². The summed E-state index contributed by atoms with van der Waals surface area (Å²) in [6.45, 7) is 2.79. The van der Waals surface area contributed by atoms with E-state index in [4.69, 9.17) is 5.73 Å². The first-order chi connectivity index (χ1) is 7.20. The highest BCUT2D eigenvalue weighted by molar-refractivity contribution is 5.95. The lowest BCUT2D eigenvalue weighted by molar-refractivity contribution is -0.119. The number of benzene rings is 1. The zero-order chi connectivity index (χ0) is 10.8. The van der Waals surface area contributed by atoms with Gasteiger partial charge in [-0.15, -0.1) is 0 Å². The average molecular weight is 204 g/mol. The zero-order valence-electron chi connectivity index (χ0n) is 8.99. The number of hydrogen-bond acceptors (Lipinski definition) is 2. The summed E-state index contributed by atoms with van der Waals surface area (Å²) in [6, 6.07) is 5.74. The minimum atomic E-state index is 0.218. The highest BCUT2D eigenvalue weighted by Crippen LogP contribution is 2.27. The fourth-order valence-electron chi connectivity index (χ4n) is 1.99. The minimum Gasteiger partial charge on any atom is -0.398 e. The lowest BCUT2D eigenvalue weighted by Gasteiger charge is -2.28. The molecule has 1 saturated heterocycles. The van der Waals surface area contributed by atoms with Gasteiger partial charge < -0.3 is 10.6 Å². The maximum absolute atomic E-state index is 11.7. The Morgan fingerprint density at radius 3 is 2.87 bits per heavy atom. The number of nitrogen functional groups attached to an aromatic ring is 1. The smallest absolute Gasteiger partial charge is 0.226 e. The van der Waals surface area contributed by atoms with Gasteiger partial charge in [0.05, 0.1) is 0 Å². The molecule has 1 aromatic carbocycles. The molecule has 0 spiro atoms. The van der Waals surface area contributed by atoms with Crippen molar-refractivity contribution in [2.75, 3.05) is 17.2 Å². The zero-order valence-corrected chi connectivity index (χ0v) is 8.99. The lowest BCUT2D eigenvalue weighted by atomic mass is 10.1. The molecule has 0 saturated carbocycles. The van der Waals surface area contributed by atoms with Gasteiger partial charge in [-0.2, -0.15) is 0 Å². The van der Waals surface area contributed by atoms with E-state index in [9.17, 15) is 4.79 Å². The van der Waals surface area contributed by atoms with Crippen molar-refractivity contribution in [2.24, 2.45) is 0 Å². The molecule has 0 radical (unpaired) electrons.